The van der Waals surface area contributed by atoms with E-state index in [1.54, 1.807) is 0 Å². The number of benzene rings is 1. The van der Waals surface area contributed by atoms with Gasteiger partial charge in [0, 0.05) is 12.3 Å². The first-order chi connectivity index (χ1) is 11.4. The van der Waals surface area contributed by atoms with E-state index in [4.69, 9.17) is 9.47 Å². The van der Waals surface area contributed by atoms with Crippen LogP contribution in [-0.2, 0) is 9.53 Å². The highest BCUT2D eigenvalue weighted by Crippen LogP contribution is 2.23. The molecule has 0 aliphatic heterocycles. The second-order valence-electron chi connectivity index (χ2n) is 6.44. The van der Waals surface area contributed by atoms with E-state index in [1.807, 2.05) is 45.0 Å². The molecule has 0 fully saturated rings. The van der Waals surface area contributed by atoms with Crippen molar-refractivity contribution in [3.05, 3.63) is 24.3 Å². The molecule has 0 heterocycles. The molecule has 0 radical (unpaired) electrons. The number of unbranched alkanes of at least 4 members (excludes halogenated alkanes) is 2. The van der Waals surface area contributed by atoms with Gasteiger partial charge in [-0.3, -0.25) is 4.79 Å². The van der Waals surface area contributed by atoms with Crippen molar-refractivity contribution in [2.45, 2.75) is 78.4 Å². The van der Waals surface area contributed by atoms with Crippen molar-refractivity contribution >= 4 is 11.6 Å². The zero-order valence-electron chi connectivity index (χ0n) is 15.9. The average Bonchev–Trinajstić information content (AvgIpc) is 2.57. The minimum Gasteiger partial charge on any atom is -0.491 e. The molecule has 0 unspecified atom stereocenters. The Morgan fingerprint density at radius 3 is 2.38 bits per heavy atom. The Balaban J connectivity index is 2.69. The van der Waals surface area contributed by atoms with Crippen LogP contribution in [-0.4, -0.2) is 24.2 Å². The van der Waals surface area contributed by atoms with Crippen molar-refractivity contribution in [3.63, 3.8) is 0 Å². The maximum absolute atomic E-state index is 12.7. The molecule has 1 N–H and O–H groups in total. The van der Waals surface area contributed by atoms with Gasteiger partial charge in [-0.2, -0.15) is 0 Å². The molecule has 4 heteroatoms. The molecule has 0 saturated carbocycles. The molecule has 24 heavy (non-hydrogen) atoms. The number of carbonyl (C=O) groups is 1. The van der Waals surface area contributed by atoms with Gasteiger partial charge in [0.15, 0.2) is 0 Å². The molecule has 1 aromatic carbocycles. The van der Waals surface area contributed by atoms with Crippen molar-refractivity contribution in [2.75, 3.05) is 11.9 Å². The standard InChI is InChI=1S/C20H33NO3/c1-6-9-10-15-20(5,23-8-3)19(22)21-17-11-13-18(14-12-17)24-16(4)7-2/h11-14,16H,6-10,15H2,1-5H3,(H,21,22)/t16-,20-/m0/s1. The molecule has 0 saturated heterocycles. The van der Waals surface area contributed by atoms with E-state index < -0.39 is 5.60 Å². The van der Waals surface area contributed by atoms with Crippen LogP contribution < -0.4 is 10.1 Å². The van der Waals surface area contributed by atoms with E-state index >= 15 is 0 Å². The Bertz CT molecular complexity index is 486. The number of rotatable bonds is 11. The number of carbonyl (C=O) groups excluding carboxylic acids is 1. The van der Waals surface area contributed by atoms with Crippen molar-refractivity contribution in [3.8, 4) is 5.75 Å². The second-order valence-corrected chi connectivity index (χ2v) is 6.44. The number of nitrogens with one attached hydrogen (secondary N) is 1. The average molecular weight is 335 g/mol. The topological polar surface area (TPSA) is 47.6 Å². The molecule has 1 aromatic rings. The molecule has 0 aliphatic carbocycles. The van der Waals surface area contributed by atoms with Gasteiger partial charge in [-0.1, -0.05) is 33.1 Å². The van der Waals surface area contributed by atoms with E-state index in [1.165, 1.54) is 0 Å². The monoisotopic (exact) mass is 335 g/mol. The van der Waals surface area contributed by atoms with Crippen LogP contribution in [0.5, 0.6) is 5.75 Å². The summed E-state index contributed by atoms with van der Waals surface area (Å²) < 4.78 is 11.5. The predicted molar refractivity (Wildman–Crippen MR) is 99.6 cm³/mol. The Hall–Kier alpha value is -1.55. The Labute approximate surface area is 146 Å². The van der Waals surface area contributed by atoms with Crippen LogP contribution in [0, 0.1) is 0 Å². The lowest BCUT2D eigenvalue weighted by molar-refractivity contribution is -0.139. The van der Waals surface area contributed by atoms with E-state index in [-0.39, 0.29) is 12.0 Å². The molecule has 0 spiro atoms. The first-order valence-corrected chi connectivity index (χ1v) is 9.17. The van der Waals surface area contributed by atoms with Crippen LogP contribution in [0.15, 0.2) is 24.3 Å². The van der Waals surface area contributed by atoms with E-state index in [0.717, 1.165) is 43.5 Å². The number of hydrogen-bond donors (Lipinski definition) is 1. The summed E-state index contributed by atoms with van der Waals surface area (Å²) in [5.74, 6) is 0.730. The lowest BCUT2D eigenvalue weighted by Crippen LogP contribution is -2.42. The summed E-state index contributed by atoms with van der Waals surface area (Å²) in [7, 11) is 0. The summed E-state index contributed by atoms with van der Waals surface area (Å²) in [6, 6.07) is 7.51. The summed E-state index contributed by atoms with van der Waals surface area (Å²) in [5, 5.41) is 2.97. The van der Waals surface area contributed by atoms with Crippen molar-refractivity contribution in [2.24, 2.45) is 0 Å². The van der Waals surface area contributed by atoms with Gasteiger partial charge in [0.05, 0.1) is 6.10 Å². The fourth-order valence-electron chi connectivity index (χ4n) is 2.48. The highest BCUT2D eigenvalue weighted by Gasteiger charge is 2.33. The minimum atomic E-state index is -0.782. The van der Waals surface area contributed by atoms with Crippen LogP contribution in [0.4, 0.5) is 5.69 Å². The molecule has 0 bridgehead atoms. The third-order valence-corrected chi connectivity index (χ3v) is 4.22. The molecule has 1 rings (SSSR count). The highest BCUT2D eigenvalue weighted by atomic mass is 16.5. The number of ether oxygens (including phenoxy) is 2. The molecule has 4 nitrogen and oxygen atoms in total. The molecular weight excluding hydrogens is 302 g/mol. The fraction of sp³-hybridized carbons (Fsp3) is 0.650. The summed E-state index contributed by atoms with van der Waals surface area (Å²) in [5.41, 5.74) is -0.0200. The molecule has 0 aromatic heterocycles. The third-order valence-electron chi connectivity index (χ3n) is 4.22. The summed E-state index contributed by atoms with van der Waals surface area (Å²) in [6.45, 7) is 10.6. The van der Waals surface area contributed by atoms with Crippen LogP contribution in [0.3, 0.4) is 0 Å². The van der Waals surface area contributed by atoms with E-state index in [0.29, 0.717) is 6.61 Å². The van der Waals surface area contributed by atoms with Gasteiger partial charge in [0.1, 0.15) is 11.4 Å². The summed E-state index contributed by atoms with van der Waals surface area (Å²) >= 11 is 0. The number of anilines is 1. The van der Waals surface area contributed by atoms with Crippen LogP contribution >= 0.6 is 0 Å². The first kappa shape index (κ1) is 20.5. The van der Waals surface area contributed by atoms with Crippen molar-refractivity contribution < 1.29 is 14.3 Å². The largest absolute Gasteiger partial charge is 0.491 e. The Kier molecular flexibility index (Phi) is 8.83. The second kappa shape index (κ2) is 10.3. The quantitative estimate of drug-likeness (QED) is 0.567. The number of amides is 1. The van der Waals surface area contributed by atoms with Crippen molar-refractivity contribution in [1.82, 2.24) is 0 Å². The van der Waals surface area contributed by atoms with Crippen LogP contribution in [0.1, 0.15) is 66.7 Å². The van der Waals surface area contributed by atoms with Crippen LogP contribution in [0.2, 0.25) is 0 Å². The van der Waals surface area contributed by atoms with E-state index in [2.05, 4.69) is 19.2 Å². The minimum absolute atomic E-state index is 0.0870. The summed E-state index contributed by atoms with van der Waals surface area (Å²) in [4.78, 5) is 12.7. The Morgan fingerprint density at radius 1 is 1.17 bits per heavy atom. The lowest BCUT2D eigenvalue weighted by atomic mass is 9.96. The van der Waals surface area contributed by atoms with Gasteiger partial charge in [-0.25, -0.2) is 0 Å². The number of hydrogen-bond acceptors (Lipinski definition) is 3. The van der Waals surface area contributed by atoms with Gasteiger partial charge >= 0.3 is 0 Å². The Morgan fingerprint density at radius 2 is 1.83 bits per heavy atom. The van der Waals surface area contributed by atoms with Gasteiger partial charge in [0.25, 0.3) is 5.91 Å². The van der Waals surface area contributed by atoms with Gasteiger partial charge in [0.2, 0.25) is 0 Å². The molecule has 0 aliphatic rings. The predicted octanol–water partition coefficient (Wildman–Crippen LogP) is 5.18. The molecular formula is C20H33NO3. The zero-order valence-corrected chi connectivity index (χ0v) is 15.9. The fourth-order valence-corrected chi connectivity index (χ4v) is 2.48. The third kappa shape index (κ3) is 6.52. The van der Waals surface area contributed by atoms with Gasteiger partial charge in [-0.15, -0.1) is 0 Å². The smallest absolute Gasteiger partial charge is 0.256 e. The maximum atomic E-state index is 12.7. The molecule has 1 amide bonds. The zero-order chi connectivity index (χ0) is 18.0. The normalized spacial score (nSPS) is 14.7. The van der Waals surface area contributed by atoms with Gasteiger partial charge < -0.3 is 14.8 Å². The van der Waals surface area contributed by atoms with Gasteiger partial charge in [-0.05, 0) is 57.9 Å². The molecule has 136 valence electrons. The van der Waals surface area contributed by atoms with Crippen molar-refractivity contribution in [1.29, 1.82) is 0 Å². The van der Waals surface area contributed by atoms with Crippen LogP contribution in [0.25, 0.3) is 0 Å². The van der Waals surface area contributed by atoms with E-state index in [9.17, 15) is 4.79 Å². The lowest BCUT2D eigenvalue weighted by Gasteiger charge is -2.28. The first-order valence-electron chi connectivity index (χ1n) is 9.17. The SMILES string of the molecule is CCCCC[C@](C)(OCC)C(=O)Nc1ccc(O[C@@H](C)CC)cc1. The molecule has 2 atom stereocenters. The highest BCUT2D eigenvalue weighted by molar-refractivity contribution is 5.97. The summed E-state index contributed by atoms with van der Waals surface area (Å²) in [6.07, 6.45) is 5.10. The maximum Gasteiger partial charge on any atom is 0.256 e.